The fraction of sp³-hybridized carbons (Fsp3) is 0.364. The Morgan fingerprint density at radius 3 is 2.68 bits per heavy atom. The van der Waals surface area contributed by atoms with E-state index in [1.165, 1.54) is 12.1 Å². The standard InChI is InChI=1S/C11H16N4O3S/c1-7(12)4-5-13-19(17,18)8-2-3-9-10(6-8)15-11(16)14-9/h2-3,6-7,13H,4-5,12H2,1H3,(H2,14,15,16). The van der Waals surface area contributed by atoms with Gasteiger partial charge in [-0.1, -0.05) is 0 Å². The lowest BCUT2D eigenvalue weighted by Crippen LogP contribution is -2.29. The minimum absolute atomic E-state index is 0.0637. The normalized spacial score (nSPS) is 13.8. The van der Waals surface area contributed by atoms with E-state index in [0.717, 1.165) is 0 Å². The molecule has 0 bridgehead atoms. The van der Waals surface area contributed by atoms with Gasteiger partial charge in [0.05, 0.1) is 15.9 Å². The highest BCUT2D eigenvalue weighted by atomic mass is 32.2. The molecule has 0 saturated heterocycles. The van der Waals surface area contributed by atoms with Crippen LogP contribution in [0.3, 0.4) is 0 Å². The number of fused-ring (bicyclic) bond motifs is 1. The van der Waals surface area contributed by atoms with Crippen molar-refractivity contribution in [2.24, 2.45) is 5.73 Å². The van der Waals surface area contributed by atoms with E-state index in [-0.39, 0.29) is 23.2 Å². The Hall–Kier alpha value is -1.64. The van der Waals surface area contributed by atoms with Gasteiger partial charge in [0.15, 0.2) is 0 Å². The van der Waals surface area contributed by atoms with E-state index in [9.17, 15) is 13.2 Å². The van der Waals surface area contributed by atoms with Crippen LogP contribution >= 0.6 is 0 Å². The van der Waals surface area contributed by atoms with E-state index in [2.05, 4.69) is 14.7 Å². The molecule has 5 N–H and O–H groups in total. The Kier molecular flexibility index (Phi) is 3.74. The summed E-state index contributed by atoms with van der Waals surface area (Å²) in [7, 11) is -3.58. The maximum absolute atomic E-state index is 12.0. The highest BCUT2D eigenvalue weighted by molar-refractivity contribution is 7.89. The molecule has 0 amide bonds. The van der Waals surface area contributed by atoms with Crippen LogP contribution in [0.15, 0.2) is 27.9 Å². The van der Waals surface area contributed by atoms with Gasteiger partial charge >= 0.3 is 5.69 Å². The minimum Gasteiger partial charge on any atom is -0.328 e. The van der Waals surface area contributed by atoms with Crippen molar-refractivity contribution in [3.8, 4) is 0 Å². The summed E-state index contributed by atoms with van der Waals surface area (Å²) in [5.74, 6) is 0. The third-order valence-corrected chi connectivity index (χ3v) is 4.15. The van der Waals surface area contributed by atoms with Gasteiger partial charge in [-0.2, -0.15) is 0 Å². The molecule has 1 heterocycles. The Morgan fingerprint density at radius 1 is 1.32 bits per heavy atom. The number of H-pyrrole nitrogens is 2. The Labute approximate surface area is 110 Å². The zero-order valence-electron chi connectivity index (χ0n) is 10.4. The number of nitrogens with one attached hydrogen (secondary N) is 3. The predicted molar refractivity (Wildman–Crippen MR) is 72.4 cm³/mol. The molecular weight excluding hydrogens is 268 g/mol. The van der Waals surface area contributed by atoms with Gasteiger partial charge in [-0.05, 0) is 31.5 Å². The number of hydrogen-bond donors (Lipinski definition) is 4. The van der Waals surface area contributed by atoms with Crippen LogP contribution in [-0.2, 0) is 10.0 Å². The van der Waals surface area contributed by atoms with E-state index in [1.807, 2.05) is 6.92 Å². The number of imidazole rings is 1. The number of rotatable bonds is 5. The molecule has 0 aliphatic heterocycles. The molecule has 1 unspecified atom stereocenters. The van der Waals surface area contributed by atoms with Crippen molar-refractivity contribution < 1.29 is 8.42 Å². The first-order valence-electron chi connectivity index (χ1n) is 5.86. The fourth-order valence-corrected chi connectivity index (χ4v) is 2.76. The molecule has 8 heteroatoms. The smallest absolute Gasteiger partial charge is 0.323 e. The lowest BCUT2D eigenvalue weighted by Gasteiger charge is -2.08. The first kappa shape index (κ1) is 13.8. The zero-order valence-corrected chi connectivity index (χ0v) is 11.3. The van der Waals surface area contributed by atoms with Gasteiger partial charge in [-0.25, -0.2) is 17.9 Å². The van der Waals surface area contributed by atoms with Crippen LogP contribution < -0.4 is 16.1 Å². The van der Waals surface area contributed by atoms with E-state index in [0.29, 0.717) is 17.5 Å². The first-order chi connectivity index (χ1) is 8.88. The van der Waals surface area contributed by atoms with Crippen LogP contribution in [0.4, 0.5) is 0 Å². The van der Waals surface area contributed by atoms with Gasteiger partial charge in [0.25, 0.3) is 0 Å². The second-order valence-electron chi connectivity index (χ2n) is 4.45. The fourth-order valence-electron chi connectivity index (χ4n) is 1.68. The number of aromatic nitrogens is 2. The quantitative estimate of drug-likeness (QED) is 0.611. The lowest BCUT2D eigenvalue weighted by atomic mass is 10.3. The highest BCUT2D eigenvalue weighted by Crippen LogP contribution is 2.14. The Morgan fingerprint density at radius 2 is 2.00 bits per heavy atom. The van der Waals surface area contributed by atoms with Crippen molar-refractivity contribution in [3.63, 3.8) is 0 Å². The van der Waals surface area contributed by atoms with Gasteiger partial charge in [0.2, 0.25) is 10.0 Å². The third kappa shape index (κ3) is 3.22. The molecular formula is C11H16N4O3S. The summed E-state index contributed by atoms with van der Waals surface area (Å²) in [5, 5.41) is 0. The van der Waals surface area contributed by atoms with Gasteiger partial charge in [0, 0.05) is 12.6 Å². The highest BCUT2D eigenvalue weighted by Gasteiger charge is 2.14. The molecule has 1 aromatic heterocycles. The van der Waals surface area contributed by atoms with Crippen LogP contribution in [0.5, 0.6) is 0 Å². The molecule has 0 aliphatic rings. The van der Waals surface area contributed by atoms with Crippen LogP contribution in [0.25, 0.3) is 11.0 Å². The SMILES string of the molecule is CC(N)CCNS(=O)(=O)c1ccc2[nH]c(=O)[nH]c2c1. The first-order valence-corrected chi connectivity index (χ1v) is 7.34. The molecule has 1 atom stereocenters. The second-order valence-corrected chi connectivity index (χ2v) is 6.22. The summed E-state index contributed by atoms with van der Waals surface area (Å²) in [6, 6.07) is 4.35. The Bertz CT molecular complexity index is 730. The Balaban J connectivity index is 2.24. The second kappa shape index (κ2) is 5.16. The maximum Gasteiger partial charge on any atom is 0.323 e. The summed E-state index contributed by atoms with van der Waals surface area (Å²) in [6.45, 7) is 2.09. The number of nitrogens with two attached hydrogens (primary N) is 1. The molecule has 7 nitrogen and oxygen atoms in total. The van der Waals surface area contributed by atoms with E-state index in [1.54, 1.807) is 6.07 Å². The van der Waals surface area contributed by atoms with Gasteiger partial charge in [0.1, 0.15) is 0 Å². The molecule has 104 valence electrons. The predicted octanol–water partition coefficient (Wildman–Crippen LogP) is -0.128. The van der Waals surface area contributed by atoms with Crippen LogP contribution in [0.2, 0.25) is 0 Å². The van der Waals surface area contributed by atoms with E-state index in [4.69, 9.17) is 5.73 Å². The van der Waals surface area contributed by atoms with Crippen LogP contribution in [0.1, 0.15) is 13.3 Å². The minimum atomic E-state index is -3.58. The molecule has 0 fully saturated rings. The molecule has 19 heavy (non-hydrogen) atoms. The molecule has 1 aromatic carbocycles. The number of benzene rings is 1. The van der Waals surface area contributed by atoms with Crippen molar-refractivity contribution in [3.05, 3.63) is 28.7 Å². The summed E-state index contributed by atoms with van der Waals surface area (Å²) < 4.78 is 26.5. The summed E-state index contributed by atoms with van der Waals surface area (Å²) in [4.78, 5) is 16.3. The van der Waals surface area contributed by atoms with E-state index < -0.39 is 10.0 Å². The van der Waals surface area contributed by atoms with Crippen LogP contribution in [-0.4, -0.2) is 31.0 Å². The largest absolute Gasteiger partial charge is 0.328 e. The van der Waals surface area contributed by atoms with Crippen LogP contribution in [0, 0.1) is 0 Å². The molecule has 0 spiro atoms. The maximum atomic E-state index is 12.0. The molecule has 2 rings (SSSR count). The molecule has 0 saturated carbocycles. The van der Waals surface area contributed by atoms with E-state index >= 15 is 0 Å². The number of aromatic amines is 2. The lowest BCUT2D eigenvalue weighted by molar-refractivity contribution is 0.572. The topological polar surface area (TPSA) is 121 Å². The van der Waals surface area contributed by atoms with Gasteiger partial charge in [-0.3, -0.25) is 0 Å². The number of hydrogen-bond acceptors (Lipinski definition) is 4. The average molecular weight is 284 g/mol. The number of sulfonamides is 1. The summed E-state index contributed by atoms with van der Waals surface area (Å²) >= 11 is 0. The van der Waals surface area contributed by atoms with Crippen molar-refractivity contribution >= 4 is 21.1 Å². The monoisotopic (exact) mass is 284 g/mol. The summed E-state index contributed by atoms with van der Waals surface area (Å²) in [5.41, 5.74) is 6.22. The molecule has 2 aromatic rings. The molecule has 0 aliphatic carbocycles. The summed E-state index contributed by atoms with van der Waals surface area (Å²) in [6.07, 6.45) is 0.558. The zero-order chi connectivity index (χ0) is 14.0. The van der Waals surface area contributed by atoms with Gasteiger partial charge < -0.3 is 15.7 Å². The van der Waals surface area contributed by atoms with Crippen molar-refractivity contribution in [2.45, 2.75) is 24.3 Å². The van der Waals surface area contributed by atoms with Crippen molar-refractivity contribution in [1.29, 1.82) is 0 Å². The van der Waals surface area contributed by atoms with Crippen molar-refractivity contribution in [2.75, 3.05) is 6.54 Å². The third-order valence-electron chi connectivity index (χ3n) is 2.69. The van der Waals surface area contributed by atoms with Gasteiger partial charge in [-0.15, -0.1) is 0 Å². The molecule has 0 radical (unpaired) electrons. The van der Waals surface area contributed by atoms with Crippen molar-refractivity contribution in [1.82, 2.24) is 14.7 Å². The average Bonchev–Trinajstić information content (AvgIpc) is 2.67.